The fourth-order valence-corrected chi connectivity index (χ4v) is 1.31. The second kappa shape index (κ2) is 3.81. The van der Waals surface area contributed by atoms with E-state index in [1.54, 1.807) is 6.20 Å². The number of hydrogen-bond donors (Lipinski definition) is 0. The Morgan fingerprint density at radius 3 is 2.67 bits per heavy atom. The highest BCUT2D eigenvalue weighted by molar-refractivity contribution is 9.10. The number of pyridine rings is 1. The molecule has 0 radical (unpaired) electrons. The van der Waals surface area contributed by atoms with Crippen molar-refractivity contribution in [1.82, 2.24) is 4.98 Å². The van der Waals surface area contributed by atoms with Crippen LogP contribution in [0.15, 0.2) is 21.7 Å². The third kappa shape index (κ3) is 2.41. The third-order valence-corrected chi connectivity index (χ3v) is 1.78. The van der Waals surface area contributed by atoms with Gasteiger partial charge < -0.3 is 0 Å². The Balaban J connectivity index is 3.10. The van der Waals surface area contributed by atoms with E-state index in [1.807, 2.05) is 26.8 Å². The lowest BCUT2D eigenvalue weighted by molar-refractivity contribution is 1.21. The molecule has 1 heterocycles. The molecule has 0 saturated carbocycles. The molecule has 0 unspecified atom stereocenters. The van der Waals surface area contributed by atoms with Gasteiger partial charge in [0.1, 0.15) is 0 Å². The normalized spacial score (nSPS) is 9.67. The van der Waals surface area contributed by atoms with Crippen molar-refractivity contribution in [2.75, 3.05) is 0 Å². The Morgan fingerprint density at radius 1 is 1.50 bits per heavy atom. The molecule has 64 valence electrons. The van der Waals surface area contributed by atoms with Gasteiger partial charge in [0.05, 0.1) is 0 Å². The summed E-state index contributed by atoms with van der Waals surface area (Å²) in [5, 5.41) is 0. The fourth-order valence-electron chi connectivity index (χ4n) is 0.862. The molecule has 0 N–H and O–H groups in total. The predicted octanol–water partition coefficient (Wildman–Crippen LogP) is 3.26. The Bertz CT molecular complexity index is 314. The summed E-state index contributed by atoms with van der Waals surface area (Å²) in [6, 6.07) is 2.01. The van der Waals surface area contributed by atoms with E-state index >= 15 is 0 Å². The van der Waals surface area contributed by atoms with Crippen LogP contribution in [-0.2, 0) is 0 Å². The van der Waals surface area contributed by atoms with Crippen molar-refractivity contribution in [3.63, 3.8) is 0 Å². The van der Waals surface area contributed by atoms with Crippen molar-refractivity contribution in [1.29, 1.82) is 0 Å². The van der Waals surface area contributed by atoms with Crippen molar-refractivity contribution < 1.29 is 0 Å². The van der Waals surface area contributed by atoms with Gasteiger partial charge in [0.25, 0.3) is 0 Å². The summed E-state index contributed by atoms with van der Waals surface area (Å²) in [5.74, 6) is 0.804. The summed E-state index contributed by atoms with van der Waals surface area (Å²) in [4.78, 5) is 8.47. The average molecular weight is 227 g/mol. The minimum atomic E-state index is 0.804. The van der Waals surface area contributed by atoms with Crippen LogP contribution in [0.2, 0.25) is 0 Å². The van der Waals surface area contributed by atoms with E-state index in [1.165, 1.54) is 0 Å². The first-order chi connectivity index (χ1) is 5.59. The number of halogens is 1. The summed E-state index contributed by atoms with van der Waals surface area (Å²) in [6.07, 6.45) is 1.76. The number of hydrogen-bond acceptors (Lipinski definition) is 2. The van der Waals surface area contributed by atoms with Crippen molar-refractivity contribution in [2.45, 2.75) is 20.8 Å². The lowest BCUT2D eigenvalue weighted by Crippen LogP contribution is -1.84. The van der Waals surface area contributed by atoms with E-state index in [0.29, 0.717) is 0 Å². The Hall–Kier alpha value is -0.700. The molecule has 0 saturated heterocycles. The molecule has 0 atom stereocenters. The van der Waals surface area contributed by atoms with Gasteiger partial charge in [-0.1, -0.05) is 0 Å². The van der Waals surface area contributed by atoms with Gasteiger partial charge in [-0.25, -0.2) is 9.98 Å². The third-order valence-electron chi connectivity index (χ3n) is 1.35. The molecule has 0 bridgehead atoms. The molecule has 1 aromatic rings. The molecule has 0 spiro atoms. The molecule has 0 fully saturated rings. The van der Waals surface area contributed by atoms with Crippen molar-refractivity contribution in [3.05, 3.63) is 22.3 Å². The first kappa shape index (κ1) is 9.39. The van der Waals surface area contributed by atoms with Crippen LogP contribution in [0, 0.1) is 6.92 Å². The molecule has 0 amide bonds. The van der Waals surface area contributed by atoms with E-state index in [4.69, 9.17) is 0 Å². The summed E-state index contributed by atoms with van der Waals surface area (Å²) in [5.41, 5.74) is 2.11. The molecule has 0 aliphatic rings. The largest absolute Gasteiger partial charge is 0.238 e. The van der Waals surface area contributed by atoms with E-state index in [-0.39, 0.29) is 0 Å². The van der Waals surface area contributed by atoms with E-state index < -0.39 is 0 Å². The predicted molar refractivity (Wildman–Crippen MR) is 55.1 cm³/mol. The van der Waals surface area contributed by atoms with Gasteiger partial charge in [0.2, 0.25) is 0 Å². The molecule has 0 aromatic carbocycles. The van der Waals surface area contributed by atoms with Crippen molar-refractivity contribution in [3.8, 4) is 0 Å². The number of aromatic nitrogens is 1. The second-order valence-electron chi connectivity index (χ2n) is 2.85. The van der Waals surface area contributed by atoms with Gasteiger partial charge in [-0.15, -0.1) is 0 Å². The molecule has 12 heavy (non-hydrogen) atoms. The molecule has 3 heteroatoms. The maximum atomic E-state index is 4.28. The number of aliphatic imine (C=N–C) groups is 1. The van der Waals surface area contributed by atoms with E-state index in [0.717, 1.165) is 21.6 Å². The van der Waals surface area contributed by atoms with Crippen LogP contribution in [0.25, 0.3) is 0 Å². The first-order valence-corrected chi connectivity index (χ1v) is 4.53. The fraction of sp³-hybridized carbons (Fsp3) is 0.333. The quantitative estimate of drug-likeness (QED) is 0.676. The van der Waals surface area contributed by atoms with Crippen LogP contribution >= 0.6 is 15.9 Å². The second-order valence-corrected chi connectivity index (χ2v) is 3.77. The zero-order valence-electron chi connectivity index (χ0n) is 7.43. The Labute approximate surface area is 80.9 Å². The van der Waals surface area contributed by atoms with Crippen LogP contribution in [0.3, 0.4) is 0 Å². The zero-order chi connectivity index (χ0) is 9.14. The van der Waals surface area contributed by atoms with Crippen LogP contribution in [0.5, 0.6) is 0 Å². The average Bonchev–Trinajstić information content (AvgIpc) is 1.94. The highest BCUT2D eigenvalue weighted by atomic mass is 79.9. The molecule has 0 aliphatic carbocycles. The van der Waals surface area contributed by atoms with Gasteiger partial charge in [-0.2, -0.15) is 0 Å². The smallest absolute Gasteiger partial charge is 0.154 e. The van der Waals surface area contributed by atoms with Crippen molar-refractivity contribution in [2.24, 2.45) is 4.99 Å². The lowest BCUT2D eigenvalue weighted by atomic mass is 10.3. The molecular weight excluding hydrogens is 216 g/mol. The van der Waals surface area contributed by atoms with Crippen LogP contribution in [-0.4, -0.2) is 10.7 Å². The topological polar surface area (TPSA) is 25.2 Å². The minimum Gasteiger partial charge on any atom is -0.238 e. The van der Waals surface area contributed by atoms with Gasteiger partial charge in [-0.05, 0) is 48.3 Å². The molecule has 0 aliphatic heterocycles. The van der Waals surface area contributed by atoms with Crippen molar-refractivity contribution >= 4 is 27.5 Å². The monoisotopic (exact) mass is 226 g/mol. The van der Waals surface area contributed by atoms with E-state index in [2.05, 4.69) is 25.9 Å². The van der Waals surface area contributed by atoms with Gasteiger partial charge in [-0.3, -0.25) is 0 Å². The number of rotatable bonds is 1. The summed E-state index contributed by atoms with van der Waals surface area (Å²) in [6.45, 7) is 5.92. The summed E-state index contributed by atoms with van der Waals surface area (Å²) in [7, 11) is 0. The minimum absolute atomic E-state index is 0.804. The highest BCUT2D eigenvalue weighted by Gasteiger charge is 1.97. The molecule has 1 rings (SSSR count). The maximum absolute atomic E-state index is 4.28. The molecule has 1 aromatic heterocycles. The Kier molecular flexibility index (Phi) is 2.98. The SMILES string of the molecule is CC(C)=Nc1ncc(Br)cc1C. The summed E-state index contributed by atoms with van der Waals surface area (Å²) >= 11 is 3.35. The van der Waals surface area contributed by atoms with Gasteiger partial charge in [0.15, 0.2) is 5.82 Å². The van der Waals surface area contributed by atoms with Gasteiger partial charge in [0, 0.05) is 16.4 Å². The maximum Gasteiger partial charge on any atom is 0.154 e. The van der Waals surface area contributed by atoms with Crippen LogP contribution in [0.1, 0.15) is 19.4 Å². The van der Waals surface area contributed by atoms with Gasteiger partial charge >= 0.3 is 0 Å². The number of aryl methyl sites for hydroxylation is 1. The number of nitrogens with zero attached hydrogens (tertiary/aromatic N) is 2. The highest BCUT2D eigenvalue weighted by Crippen LogP contribution is 2.19. The first-order valence-electron chi connectivity index (χ1n) is 3.73. The standard InChI is InChI=1S/C9H11BrN2/c1-6(2)12-9-7(3)4-8(10)5-11-9/h4-5H,1-3H3. The Morgan fingerprint density at radius 2 is 2.17 bits per heavy atom. The molecular formula is C9H11BrN2. The lowest BCUT2D eigenvalue weighted by Gasteiger charge is -1.99. The van der Waals surface area contributed by atoms with Crippen LogP contribution < -0.4 is 0 Å². The molecule has 2 nitrogen and oxygen atoms in total. The summed E-state index contributed by atoms with van der Waals surface area (Å²) < 4.78 is 0.993. The zero-order valence-corrected chi connectivity index (χ0v) is 9.01. The van der Waals surface area contributed by atoms with E-state index in [9.17, 15) is 0 Å². The van der Waals surface area contributed by atoms with Crippen LogP contribution in [0.4, 0.5) is 5.82 Å².